The predicted molar refractivity (Wildman–Crippen MR) is 268 cm³/mol. The van der Waals surface area contributed by atoms with Crippen molar-refractivity contribution in [1.29, 1.82) is 0 Å². The van der Waals surface area contributed by atoms with Crippen molar-refractivity contribution >= 4 is 34.0 Å². The van der Waals surface area contributed by atoms with Gasteiger partial charge >= 0.3 is 32.0 Å². The number of benzene rings is 4. The Kier molecular flexibility index (Phi) is 19.5. The summed E-state index contributed by atoms with van der Waals surface area (Å²) in [6.07, 6.45) is 8.20. The number of hydrogen-bond acceptors (Lipinski definition) is 9. The standard InChI is InChI=1S/2C20H25N3.C15H19NO5.Ir/c2*1-19(2,3)14-20(4,5)15-9-8-10-16(13-15)23-21-17-11-6-7-12-18(17)22-23;1-2-13(17)21-11-6-4-3-5-10-20-12-8-7-9-16-14(12)15(18)19;/h2*6-13H,14H2,1-5H3;2,7-9H,1,3-6,10-11H2,(H,18,19);/q;;;+3. The monoisotopic (exact) mass is 1100 g/mol. The van der Waals surface area contributed by atoms with Crippen molar-refractivity contribution in [1.82, 2.24) is 35.0 Å². The third kappa shape index (κ3) is 16.6. The van der Waals surface area contributed by atoms with Gasteiger partial charge in [0.05, 0.1) is 24.6 Å². The van der Waals surface area contributed by atoms with Gasteiger partial charge in [-0.2, -0.15) is 9.59 Å². The second-order valence-electron chi connectivity index (χ2n) is 20.6. The van der Waals surface area contributed by atoms with Gasteiger partial charge in [-0.15, -0.1) is 20.4 Å². The van der Waals surface area contributed by atoms with E-state index < -0.39 is 11.9 Å². The van der Waals surface area contributed by atoms with Crippen molar-refractivity contribution in [3.8, 4) is 17.1 Å². The SMILES string of the molecule is C=CC(=O)OCCCCCCOc1cccnc1C(=O)O.CC(C)(C)CC(C)(C)c1cccc(-n2nc3ccccc3n2)c1.CC(C)(C)CC(C)(C)c1cccc(-n2nc3ccccc3n2)c1.[Ir+3]. The molecule has 68 heavy (non-hydrogen) atoms. The molecule has 7 aromatic rings. The smallest absolute Gasteiger partial charge is 0.491 e. The molecule has 0 aliphatic carbocycles. The molecule has 0 spiro atoms. The minimum absolute atomic E-state index is 0. The van der Waals surface area contributed by atoms with E-state index in [1.54, 1.807) is 21.7 Å². The summed E-state index contributed by atoms with van der Waals surface area (Å²) in [7, 11) is 0. The number of hydrogen-bond donors (Lipinski definition) is 1. The van der Waals surface area contributed by atoms with Crippen molar-refractivity contribution in [3.63, 3.8) is 0 Å². The molecule has 12 nitrogen and oxygen atoms in total. The molecule has 0 amide bonds. The van der Waals surface area contributed by atoms with Crippen LogP contribution in [0.5, 0.6) is 5.75 Å². The minimum Gasteiger partial charge on any atom is -0.491 e. The largest absolute Gasteiger partial charge is 3.00 e. The van der Waals surface area contributed by atoms with Gasteiger partial charge in [0.15, 0.2) is 11.4 Å². The van der Waals surface area contributed by atoms with E-state index in [0.717, 1.165) is 78.0 Å². The first-order chi connectivity index (χ1) is 31.6. The first-order valence-corrected chi connectivity index (χ1v) is 23.1. The van der Waals surface area contributed by atoms with Gasteiger partial charge in [-0.1, -0.05) is 124 Å². The van der Waals surface area contributed by atoms with Gasteiger partial charge in [0.25, 0.3) is 0 Å². The van der Waals surface area contributed by atoms with Crippen LogP contribution in [0.4, 0.5) is 0 Å². The molecule has 360 valence electrons. The first-order valence-electron chi connectivity index (χ1n) is 23.1. The molecule has 0 unspecified atom stereocenters. The number of aromatic nitrogens is 7. The van der Waals surface area contributed by atoms with E-state index in [4.69, 9.17) is 14.6 Å². The summed E-state index contributed by atoms with van der Waals surface area (Å²) in [4.78, 5) is 28.9. The summed E-state index contributed by atoms with van der Waals surface area (Å²) < 4.78 is 10.3. The molecule has 0 bridgehead atoms. The van der Waals surface area contributed by atoms with Crippen molar-refractivity contribution in [2.24, 2.45) is 10.8 Å². The van der Waals surface area contributed by atoms with E-state index in [0.29, 0.717) is 13.2 Å². The third-order valence-electron chi connectivity index (χ3n) is 10.9. The number of aromatic carboxylic acids is 1. The zero-order valence-electron chi connectivity index (χ0n) is 41.5. The molecular formula is C55H69IrN7O5+3. The number of ether oxygens (including phenoxy) is 2. The van der Waals surface area contributed by atoms with Crippen molar-refractivity contribution in [2.75, 3.05) is 13.2 Å². The first kappa shape index (κ1) is 54.6. The Labute approximate surface area is 415 Å². The van der Waals surface area contributed by atoms with E-state index in [1.165, 1.54) is 17.3 Å². The Morgan fingerprint density at radius 2 is 1.01 bits per heavy atom. The van der Waals surface area contributed by atoms with Gasteiger partial charge in [0, 0.05) is 12.3 Å². The van der Waals surface area contributed by atoms with Gasteiger partial charge in [0.1, 0.15) is 22.1 Å². The van der Waals surface area contributed by atoms with E-state index in [-0.39, 0.29) is 53.2 Å². The number of carboxylic acid groups (broad SMARTS) is 1. The number of unbranched alkanes of at least 4 members (excludes halogenated alkanes) is 3. The molecule has 4 aromatic carbocycles. The summed E-state index contributed by atoms with van der Waals surface area (Å²) in [6, 6.07) is 36.3. The summed E-state index contributed by atoms with van der Waals surface area (Å²) >= 11 is 0. The van der Waals surface area contributed by atoms with Crippen molar-refractivity contribution < 1.29 is 44.3 Å². The van der Waals surface area contributed by atoms with Crippen LogP contribution in [-0.2, 0) is 40.5 Å². The fourth-order valence-electron chi connectivity index (χ4n) is 8.55. The Balaban J connectivity index is 0.000000221. The second-order valence-corrected chi connectivity index (χ2v) is 20.6. The Bertz CT molecular complexity index is 2520. The van der Waals surface area contributed by atoms with Crippen LogP contribution in [0, 0.1) is 10.8 Å². The molecule has 1 N–H and O–H groups in total. The average molecular weight is 1100 g/mol. The van der Waals surface area contributed by atoms with Crippen LogP contribution >= 0.6 is 0 Å². The minimum atomic E-state index is -1.10. The van der Waals surface area contributed by atoms with Gasteiger partial charge in [-0.3, -0.25) is 0 Å². The molecule has 13 heteroatoms. The van der Waals surface area contributed by atoms with Crippen LogP contribution < -0.4 is 4.74 Å². The maximum atomic E-state index is 10.9. The summed E-state index contributed by atoms with van der Waals surface area (Å²) in [6.45, 7) is 27.1. The maximum Gasteiger partial charge on any atom is 3.00 e. The molecule has 0 fully saturated rings. The Morgan fingerprint density at radius 1 is 0.588 bits per heavy atom. The number of carbonyl (C=O) groups excluding carboxylic acids is 1. The molecule has 0 saturated carbocycles. The van der Waals surface area contributed by atoms with Gasteiger partial charge < -0.3 is 14.6 Å². The number of carboxylic acids is 1. The van der Waals surface area contributed by atoms with E-state index in [2.05, 4.69) is 150 Å². The molecule has 3 aromatic heterocycles. The molecule has 0 saturated heterocycles. The Morgan fingerprint density at radius 3 is 1.41 bits per heavy atom. The molecule has 3 heterocycles. The number of fused-ring (bicyclic) bond motifs is 2. The van der Waals surface area contributed by atoms with Crippen molar-refractivity contribution in [2.45, 2.75) is 119 Å². The quantitative estimate of drug-likeness (QED) is 0.0563. The summed E-state index contributed by atoms with van der Waals surface area (Å²) in [5.41, 5.74) is 9.10. The third-order valence-corrected chi connectivity index (χ3v) is 10.9. The number of pyridine rings is 1. The number of rotatable bonds is 16. The number of esters is 1. The Hall–Kier alpha value is -6.04. The molecule has 0 aliphatic heterocycles. The van der Waals surface area contributed by atoms with E-state index >= 15 is 0 Å². The van der Waals surface area contributed by atoms with Gasteiger partial charge in [-0.25, -0.2) is 14.6 Å². The van der Waals surface area contributed by atoms with Crippen LogP contribution in [0.25, 0.3) is 33.4 Å². The van der Waals surface area contributed by atoms with Gasteiger partial charge in [0.2, 0.25) is 0 Å². The number of carbonyl (C=O) groups is 2. The molecule has 0 atom stereocenters. The van der Waals surface area contributed by atoms with Gasteiger partial charge in [-0.05, 0) is 132 Å². The summed E-state index contributed by atoms with van der Waals surface area (Å²) in [5, 5.41) is 27.3. The fourth-order valence-corrected chi connectivity index (χ4v) is 8.55. The topological polar surface area (TPSA) is 147 Å². The number of nitrogens with zero attached hydrogens (tertiary/aromatic N) is 7. The zero-order valence-corrected chi connectivity index (χ0v) is 43.9. The summed E-state index contributed by atoms with van der Waals surface area (Å²) in [5.74, 6) is -1.23. The maximum absolute atomic E-state index is 10.9. The molecule has 7 rings (SSSR count). The zero-order chi connectivity index (χ0) is 48.8. The van der Waals surface area contributed by atoms with Crippen molar-refractivity contribution in [3.05, 3.63) is 145 Å². The normalized spacial score (nSPS) is 11.7. The van der Waals surface area contributed by atoms with Crippen LogP contribution in [0.1, 0.15) is 129 Å². The van der Waals surface area contributed by atoms with Crippen LogP contribution in [0.3, 0.4) is 0 Å². The molecular weight excluding hydrogens is 1030 g/mol. The van der Waals surface area contributed by atoms with E-state index in [9.17, 15) is 9.59 Å². The average Bonchev–Trinajstić information content (AvgIpc) is 3.92. The van der Waals surface area contributed by atoms with Crippen LogP contribution in [0.15, 0.2) is 128 Å². The second kappa shape index (κ2) is 24.3. The molecule has 0 radical (unpaired) electrons. The fraction of sp³-hybridized carbons (Fsp3) is 0.400. The predicted octanol–water partition coefficient (Wildman–Crippen LogP) is 12.7. The van der Waals surface area contributed by atoms with E-state index in [1.807, 2.05) is 48.5 Å². The van der Waals surface area contributed by atoms with Crippen LogP contribution in [0.2, 0.25) is 0 Å². The molecule has 0 aliphatic rings. The van der Waals surface area contributed by atoms with Crippen LogP contribution in [-0.4, -0.2) is 65.2 Å².